The molecule has 0 spiro atoms. The molecule has 4 rings (SSSR count). The summed E-state index contributed by atoms with van der Waals surface area (Å²) >= 11 is 0. The predicted octanol–water partition coefficient (Wildman–Crippen LogP) is 0.138. The van der Waals surface area contributed by atoms with Crippen LogP contribution in [0, 0.1) is 0 Å². The van der Waals surface area contributed by atoms with E-state index in [0.717, 1.165) is 13.0 Å². The quantitative estimate of drug-likeness (QED) is 0.742. The summed E-state index contributed by atoms with van der Waals surface area (Å²) in [6.07, 6.45) is 1.49. The Balaban J connectivity index is 0.00000225. The first-order valence-corrected chi connectivity index (χ1v) is 10.4. The Bertz CT molecular complexity index is 1050. The number of fused-ring (bicyclic) bond motifs is 1. The number of piperidine rings is 1. The number of benzene rings is 1. The molecule has 2 saturated heterocycles. The third kappa shape index (κ3) is 3.57. The molecule has 3 heterocycles. The summed E-state index contributed by atoms with van der Waals surface area (Å²) in [5, 5.41) is 3.03. The van der Waals surface area contributed by atoms with Crippen LogP contribution in [0.4, 0.5) is 0 Å². The number of rotatable bonds is 3. The van der Waals surface area contributed by atoms with Crippen LogP contribution in [0.15, 0.2) is 32.3 Å². The smallest absolute Gasteiger partial charge is 0.408 e. The second kappa shape index (κ2) is 7.86. The number of hydrogen-bond acceptors (Lipinski definition) is 6. The van der Waals surface area contributed by atoms with Crippen LogP contribution < -0.4 is 11.1 Å². The van der Waals surface area contributed by atoms with Gasteiger partial charge in [0.15, 0.2) is 5.58 Å². The topological polar surface area (TPSA) is 105 Å². The Morgan fingerprint density at radius 3 is 2.75 bits per heavy atom. The lowest BCUT2D eigenvalue weighted by molar-refractivity contribution is -0.135. The number of nitrogens with zero attached hydrogens (tertiary/aromatic N) is 3. The van der Waals surface area contributed by atoms with Gasteiger partial charge in [-0.25, -0.2) is 13.2 Å². The number of oxazole rings is 1. The van der Waals surface area contributed by atoms with Gasteiger partial charge in [-0.15, -0.1) is 12.4 Å². The van der Waals surface area contributed by atoms with Gasteiger partial charge in [0.2, 0.25) is 15.9 Å². The molecule has 0 aliphatic carbocycles. The zero-order chi connectivity index (χ0) is 19.2. The highest BCUT2D eigenvalue weighted by Crippen LogP contribution is 2.25. The Morgan fingerprint density at radius 2 is 2.00 bits per heavy atom. The molecule has 9 nitrogen and oxygen atoms in total. The number of carbonyl (C=O) groups is 1. The number of nitrogens with one attached hydrogen (secondary N) is 1. The summed E-state index contributed by atoms with van der Waals surface area (Å²) in [4.78, 5) is 25.7. The molecule has 154 valence electrons. The van der Waals surface area contributed by atoms with E-state index in [1.165, 1.54) is 21.0 Å². The van der Waals surface area contributed by atoms with Crippen LogP contribution in [0.5, 0.6) is 0 Å². The molecule has 1 aromatic carbocycles. The van der Waals surface area contributed by atoms with E-state index < -0.39 is 15.8 Å². The molecule has 2 fully saturated rings. The summed E-state index contributed by atoms with van der Waals surface area (Å²) in [5.41, 5.74) is 0.788. The first-order chi connectivity index (χ1) is 12.9. The van der Waals surface area contributed by atoms with Crippen molar-refractivity contribution in [3.63, 3.8) is 0 Å². The van der Waals surface area contributed by atoms with Gasteiger partial charge < -0.3 is 14.6 Å². The van der Waals surface area contributed by atoms with Crippen LogP contribution in [0.3, 0.4) is 0 Å². The summed E-state index contributed by atoms with van der Waals surface area (Å²) in [6.45, 7) is 2.31. The Hall–Kier alpha value is -1.88. The number of halogens is 1. The minimum atomic E-state index is -3.74. The average molecular weight is 431 g/mol. The maximum Gasteiger partial charge on any atom is 0.419 e. The molecule has 2 aromatic rings. The molecule has 0 bridgehead atoms. The van der Waals surface area contributed by atoms with Crippen LogP contribution >= 0.6 is 12.4 Å². The molecule has 2 aliphatic heterocycles. The second-order valence-corrected chi connectivity index (χ2v) is 8.92. The van der Waals surface area contributed by atoms with Crippen molar-refractivity contribution in [1.82, 2.24) is 19.1 Å². The maximum absolute atomic E-state index is 13.1. The van der Waals surface area contributed by atoms with Crippen molar-refractivity contribution in [2.45, 2.75) is 23.8 Å². The third-order valence-corrected chi connectivity index (χ3v) is 7.19. The number of aromatic nitrogens is 1. The summed E-state index contributed by atoms with van der Waals surface area (Å²) in [6, 6.07) is 4.35. The van der Waals surface area contributed by atoms with E-state index in [2.05, 4.69) is 5.32 Å². The number of hydrogen-bond donors (Lipinski definition) is 1. The number of piperazine rings is 1. The lowest BCUT2D eigenvalue weighted by Gasteiger charge is -2.40. The first-order valence-electron chi connectivity index (χ1n) is 8.98. The van der Waals surface area contributed by atoms with Gasteiger partial charge in [-0.3, -0.25) is 9.36 Å². The summed E-state index contributed by atoms with van der Waals surface area (Å²) < 4.78 is 34.1. The lowest BCUT2D eigenvalue weighted by Crippen LogP contribution is -2.57. The number of sulfonamides is 1. The minimum absolute atomic E-state index is 0. The average Bonchev–Trinajstić information content (AvgIpc) is 2.96. The molecule has 1 unspecified atom stereocenters. The molecular weight excluding hydrogens is 408 g/mol. The highest BCUT2D eigenvalue weighted by molar-refractivity contribution is 7.89. The molecule has 1 atom stereocenters. The first kappa shape index (κ1) is 20.8. The minimum Gasteiger partial charge on any atom is -0.408 e. The van der Waals surface area contributed by atoms with Gasteiger partial charge in [0.05, 0.1) is 17.0 Å². The molecule has 28 heavy (non-hydrogen) atoms. The fourth-order valence-electron chi connectivity index (χ4n) is 3.82. The lowest BCUT2D eigenvalue weighted by atomic mass is 10.1. The Kier molecular flexibility index (Phi) is 5.85. The van der Waals surface area contributed by atoms with Crippen molar-refractivity contribution in [2.24, 2.45) is 7.05 Å². The zero-order valence-corrected chi connectivity index (χ0v) is 17.1. The number of carbonyl (C=O) groups excluding carboxylic acids is 1. The van der Waals surface area contributed by atoms with Crippen molar-refractivity contribution in [1.29, 1.82) is 0 Å². The van der Waals surface area contributed by atoms with Gasteiger partial charge in [0, 0.05) is 45.3 Å². The number of amides is 1. The van der Waals surface area contributed by atoms with E-state index in [1.54, 1.807) is 18.0 Å². The summed E-state index contributed by atoms with van der Waals surface area (Å²) in [7, 11) is -2.17. The molecule has 1 N–H and O–H groups in total. The molecule has 1 amide bonds. The molecule has 1 aromatic heterocycles. The van der Waals surface area contributed by atoms with Gasteiger partial charge in [-0.05, 0) is 25.0 Å². The molecule has 0 radical (unpaired) electrons. The van der Waals surface area contributed by atoms with Crippen LogP contribution in [0.1, 0.15) is 12.8 Å². The Labute approximate surface area is 168 Å². The standard InChI is InChI=1S/C17H22N4O5S.ClH/c1-19-14-5-4-13(9-15(14)26-17(19)23)27(24,25)20-7-2-3-12(11-20)21-8-6-18-10-16(21)22;/h4-5,9,12,18H,2-3,6-8,10-11H2,1H3;1H. The van der Waals surface area contributed by atoms with Crippen molar-refractivity contribution in [2.75, 3.05) is 32.7 Å². The van der Waals surface area contributed by atoms with Crippen molar-refractivity contribution >= 4 is 39.4 Å². The molecule has 0 saturated carbocycles. The van der Waals surface area contributed by atoms with Crippen LogP contribution in [0.2, 0.25) is 0 Å². The molecular formula is C17H23ClN4O5S. The van der Waals surface area contributed by atoms with Crippen LogP contribution in [0.25, 0.3) is 11.1 Å². The van der Waals surface area contributed by atoms with Gasteiger partial charge >= 0.3 is 5.76 Å². The van der Waals surface area contributed by atoms with Gasteiger partial charge in [0.1, 0.15) is 0 Å². The third-order valence-electron chi connectivity index (χ3n) is 5.33. The van der Waals surface area contributed by atoms with Crippen LogP contribution in [-0.4, -0.2) is 66.9 Å². The monoisotopic (exact) mass is 430 g/mol. The predicted molar refractivity (Wildman–Crippen MR) is 105 cm³/mol. The highest BCUT2D eigenvalue weighted by Gasteiger charge is 2.35. The normalized spacial score (nSPS) is 21.7. The van der Waals surface area contributed by atoms with E-state index in [9.17, 15) is 18.0 Å². The highest BCUT2D eigenvalue weighted by atomic mass is 35.5. The Morgan fingerprint density at radius 1 is 1.21 bits per heavy atom. The van der Waals surface area contributed by atoms with E-state index in [1.807, 2.05) is 0 Å². The summed E-state index contributed by atoms with van der Waals surface area (Å²) in [5.74, 6) is -0.521. The van der Waals surface area contributed by atoms with E-state index >= 15 is 0 Å². The van der Waals surface area contributed by atoms with Crippen molar-refractivity contribution < 1.29 is 17.6 Å². The van der Waals surface area contributed by atoms with Crippen LogP contribution in [-0.2, 0) is 21.9 Å². The number of aryl methyl sites for hydroxylation is 1. The van der Waals surface area contributed by atoms with Gasteiger partial charge in [-0.2, -0.15) is 4.31 Å². The van der Waals surface area contributed by atoms with E-state index in [4.69, 9.17) is 4.42 Å². The maximum atomic E-state index is 13.1. The van der Waals surface area contributed by atoms with Gasteiger partial charge in [0.25, 0.3) is 0 Å². The largest absolute Gasteiger partial charge is 0.419 e. The van der Waals surface area contributed by atoms with Crippen molar-refractivity contribution in [3.05, 3.63) is 28.7 Å². The fraction of sp³-hybridized carbons (Fsp3) is 0.529. The van der Waals surface area contributed by atoms with E-state index in [0.29, 0.717) is 31.6 Å². The van der Waals surface area contributed by atoms with E-state index in [-0.39, 0.29) is 41.4 Å². The SMILES string of the molecule is Cl.Cn1c(=O)oc2cc(S(=O)(=O)N3CCCC(N4CCNCC4=O)C3)ccc21. The van der Waals surface area contributed by atoms with Crippen molar-refractivity contribution in [3.8, 4) is 0 Å². The second-order valence-electron chi connectivity index (χ2n) is 6.98. The zero-order valence-electron chi connectivity index (χ0n) is 15.5. The fourth-order valence-corrected chi connectivity index (χ4v) is 5.36. The molecule has 11 heteroatoms. The van der Waals surface area contributed by atoms with Gasteiger partial charge in [-0.1, -0.05) is 0 Å². The molecule has 2 aliphatic rings.